The van der Waals surface area contributed by atoms with Gasteiger partial charge in [-0.15, -0.1) is 0 Å². The number of benzene rings is 2. The molecule has 0 fully saturated rings. The Morgan fingerprint density at radius 2 is 2.00 bits per heavy atom. The summed E-state index contributed by atoms with van der Waals surface area (Å²) < 4.78 is 18.2. The van der Waals surface area contributed by atoms with E-state index in [0.29, 0.717) is 15.6 Å². The third-order valence-corrected chi connectivity index (χ3v) is 3.86. The number of hydrogen-bond acceptors (Lipinski definition) is 2. The van der Waals surface area contributed by atoms with Gasteiger partial charge in [0.25, 0.3) is 0 Å². The highest BCUT2D eigenvalue weighted by Crippen LogP contribution is 2.30. The molecule has 0 aliphatic heterocycles. The van der Waals surface area contributed by atoms with Crippen molar-refractivity contribution in [3.8, 4) is 5.75 Å². The van der Waals surface area contributed by atoms with E-state index >= 15 is 0 Å². The van der Waals surface area contributed by atoms with Crippen LogP contribution >= 0.6 is 23.2 Å². The van der Waals surface area contributed by atoms with E-state index < -0.39 is 11.9 Å². The molecule has 2 nitrogen and oxygen atoms in total. The molecule has 0 aromatic heterocycles. The average molecular weight is 315 g/mol. The van der Waals surface area contributed by atoms with Crippen LogP contribution in [0.2, 0.25) is 10.0 Å². The molecule has 0 saturated carbocycles. The topological polar surface area (TPSA) is 29.5 Å². The molecule has 2 rings (SSSR count). The minimum atomic E-state index is -0.819. The fourth-order valence-corrected chi connectivity index (χ4v) is 2.31. The lowest BCUT2D eigenvalue weighted by Crippen LogP contribution is -2.03. The summed E-state index contributed by atoms with van der Waals surface area (Å²) in [6.45, 7) is 0. The van der Waals surface area contributed by atoms with E-state index in [4.69, 9.17) is 27.9 Å². The van der Waals surface area contributed by atoms with E-state index in [0.717, 1.165) is 5.56 Å². The SMILES string of the molecule is COc1cc(C(O)Cc2cccc(Cl)c2Cl)ccc1F. The smallest absolute Gasteiger partial charge is 0.165 e. The fraction of sp³-hybridized carbons (Fsp3) is 0.200. The second kappa shape index (κ2) is 6.44. The number of ether oxygens (including phenoxy) is 1. The van der Waals surface area contributed by atoms with Crippen LogP contribution < -0.4 is 4.74 Å². The molecule has 2 aromatic carbocycles. The molecule has 0 aliphatic rings. The lowest BCUT2D eigenvalue weighted by molar-refractivity contribution is 0.178. The van der Waals surface area contributed by atoms with Crippen LogP contribution in [-0.4, -0.2) is 12.2 Å². The minimum Gasteiger partial charge on any atom is -0.494 e. The van der Waals surface area contributed by atoms with Crippen molar-refractivity contribution in [1.29, 1.82) is 0 Å². The fourth-order valence-electron chi connectivity index (χ4n) is 1.92. The number of aliphatic hydroxyl groups is 1. The quantitative estimate of drug-likeness (QED) is 0.905. The third kappa shape index (κ3) is 3.23. The lowest BCUT2D eigenvalue weighted by Gasteiger charge is -2.14. The van der Waals surface area contributed by atoms with Crippen molar-refractivity contribution < 1.29 is 14.2 Å². The molecule has 0 heterocycles. The molecule has 2 aromatic rings. The molecule has 0 spiro atoms. The van der Waals surface area contributed by atoms with Crippen molar-refractivity contribution in [2.45, 2.75) is 12.5 Å². The summed E-state index contributed by atoms with van der Waals surface area (Å²) in [6.07, 6.45) is -0.533. The van der Waals surface area contributed by atoms with Crippen LogP contribution in [0.5, 0.6) is 5.75 Å². The lowest BCUT2D eigenvalue weighted by atomic mass is 10.0. The number of methoxy groups -OCH3 is 1. The van der Waals surface area contributed by atoms with Crippen LogP contribution in [0.15, 0.2) is 36.4 Å². The van der Waals surface area contributed by atoms with Crippen LogP contribution in [0.4, 0.5) is 4.39 Å². The highest BCUT2D eigenvalue weighted by Gasteiger charge is 2.14. The van der Waals surface area contributed by atoms with Crippen LogP contribution in [0.1, 0.15) is 17.2 Å². The highest BCUT2D eigenvalue weighted by atomic mass is 35.5. The Hall–Kier alpha value is -1.29. The van der Waals surface area contributed by atoms with Gasteiger partial charge in [0.05, 0.1) is 23.3 Å². The average Bonchev–Trinajstić information content (AvgIpc) is 2.44. The largest absolute Gasteiger partial charge is 0.494 e. The van der Waals surface area contributed by atoms with Gasteiger partial charge in [-0.05, 0) is 29.3 Å². The molecule has 0 amide bonds. The van der Waals surface area contributed by atoms with Gasteiger partial charge in [0.1, 0.15) is 0 Å². The summed E-state index contributed by atoms with van der Waals surface area (Å²) in [7, 11) is 1.38. The zero-order valence-corrected chi connectivity index (χ0v) is 12.2. The van der Waals surface area contributed by atoms with Crippen molar-refractivity contribution >= 4 is 23.2 Å². The van der Waals surface area contributed by atoms with Gasteiger partial charge in [0.2, 0.25) is 0 Å². The first-order valence-corrected chi connectivity index (χ1v) is 6.73. The Balaban J connectivity index is 2.24. The second-order valence-electron chi connectivity index (χ2n) is 4.33. The van der Waals surface area contributed by atoms with Gasteiger partial charge >= 0.3 is 0 Å². The van der Waals surface area contributed by atoms with E-state index in [1.807, 2.05) is 0 Å². The first-order chi connectivity index (χ1) is 9.52. The molecule has 106 valence electrons. The van der Waals surface area contributed by atoms with Gasteiger partial charge < -0.3 is 9.84 Å². The van der Waals surface area contributed by atoms with Gasteiger partial charge in [0, 0.05) is 6.42 Å². The molecule has 0 aliphatic carbocycles. The first-order valence-electron chi connectivity index (χ1n) is 5.97. The number of aliphatic hydroxyl groups excluding tert-OH is 1. The van der Waals surface area contributed by atoms with Crippen molar-refractivity contribution in [3.63, 3.8) is 0 Å². The Morgan fingerprint density at radius 3 is 2.70 bits per heavy atom. The number of rotatable bonds is 4. The summed E-state index contributed by atoms with van der Waals surface area (Å²) in [6, 6.07) is 9.48. The Bertz CT molecular complexity index is 617. The van der Waals surface area contributed by atoms with E-state index in [2.05, 4.69) is 0 Å². The maximum atomic E-state index is 13.3. The number of halogens is 3. The van der Waals surface area contributed by atoms with Gasteiger partial charge in [-0.3, -0.25) is 0 Å². The zero-order chi connectivity index (χ0) is 14.7. The summed E-state index contributed by atoms with van der Waals surface area (Å²) in [5.74, 6) is -0.372. The van der Waals surface area contributed by atoms with Gasteiger partial charge in [-0.25, -0.2) is 4.39 Å². The predicted octanol–water partition coefficient (Wildman–Crippen LogP) is 4.42. The maximum absolute atomic E-state index is 13.3. The maximum Gasteiger partial charge on any atom is 0.165 e. The van der Waals surface area contributed by atoms with E-state index in [1.165, 1.54) is 25.3 Å². The summed E-state index contributed by atoms with van der Waals surface area (Å²) in [5, 5.41) is 11.1. The molecule has 0 saturated heterocycles. The minimum absolute atomic E-state index is 0.0961. The van der Waals surface area contributed by atoms with Crippen molar-refractivity contribution in [2.75, 3.05) is 7.11 Å². The van der Waals surface area contributed by atoms with Crippen molar-refractivity contribution in [3.05, 3.63) is 63.4 Å². The first kappa shape index (κ1) is 15.1. The van der Waals surface area contributed by atoms with Gasteiger partial charge in [-0.1, -0.05) is 41.4 Å². The summed E-state index contributed by atoms with van der Waals surface area (Å²) >= 11 is 12.0. The summed E-state index contributed by atoms with van der Waals surface area (Å²) in [5.41, 5.74) is 1.29. The molecule has 0 bridgehead atoms. The van der Waals surface area contributed by atoms with Gasteiger partial charge in [0.15, 0.2) is 11.6 Å². The van der Waals surface area contributed by atoms with Crippen LogP contribution in [0.3, 0.4) is 0 Å². The highest BCUT2D eigenvalue weighted by molar-refractivity contribution is 6.42. The Kier molecular flexibility index (Phi) is 4.86. The van der Waals surface area contributed by atoms with E-state index in [-0.39, 0.29) is 12.2 Å². The van der Waals surface area contributed by atoms with Crippen LogP contribution in [0, 0.1) is 5.82 Å². The molecular weight excluding hydrogens is 302 g/mol. The second-order valence-corrected chi connectivity index (χ2v) is 5.11. The monoisotopic (exact) mass is 314 g/mol. The number of hydrogen-bond donors (Lipinski definition) is 1. The third-order valence-electron chi connectivity index (χ3n) is 3.00. The molecule has 1 atom stereocenters. The van der Waals surface area contributed by atoms with E-state index in [9.17, 15) is 9.50 Å². The molecule has 5 heteroatoms. The summed E-state index contributed by atoms with van der Waals surface area (Å²) in [4.78, 5) is 0. The molecular formula is C15H13Cl2FO2. The molecule has 20 heavy (non-hydrogen) atoms. The molecule has 0 radical (unpaired) electrons. The Morgan fingerprint density at radius 1 is 1.25 bits per heavy atom. The molecule has 1 unspecified atom stereocenters. The van der Waals surface area contributed by atoms with Crippen LogP contribution in [0.25, 0.3) is 0 Å². The van der Waals surface area contributed by atoms with Gasteiger partial charge in [-0.2, -0.15) is 0 Å². The van der Waals surface area contributed by atoms with Crippen molar-refractivity contribution in [1.82, 2.24) is 0 Å². The van der Waals surface area contributed by atoms with Crippen molar-refractivity contribution in [2.24, 2.45) is 0 Å². The van der Waals surface area contributed by atoms with E-state index in [1.54, 1.807) is 18.2 Å². The molecule has 1 N–H and O–H groups in total. The standard InChI is InChI=1S/C15H13Cl2FO2/c1-20-14-8-9(5-6-12(14)18)13(19)7-10-3-2-4-11(16)15(10)17/h2-6,8,13,19H,7H2,1H3. The Labute approximate surface area is 126 Å². The normalized spacial score (nSPS) is 12.2. The predicted molar refractivity (Wildman–Crippen MR) is 78.1 cm³/mol. The zero-order valence-electron chi connectivity index (χ0n) is 10.7. The van der Waals surface area contributed by atoms with Crippen LogP contribution in [-0.2, 0) is 6.42 Å².